The number of rotatable bonds is 14. The third-order valence-corrected chi connectivity index (χ3v) is 10.9. The quantitative estimate of drug-likeness (QED) is 0.0792. The van der Waals surface area contributed by atoms with Gasteiger partial charge in [0.1, 0.15) is 30.6 Å². The van der Waals surface area contributed by atoms with Gasteiger partial charge in [-0.1, -0.05) is 66.3 Å². The summed E-state index contributed by atoms with van der Waals surface area (Å²) in [5, 5.41) is 25.9. The number of aromatic hydroxyl groups is 1. The van der Waals surface area contributed by atoms with Crippen molar-refractivity contribution < 1.29 is 43.1 Å². The van der Waals surface area contributed by atoms with Crippen molar-refractivity contribution >= 4 is 57.1 Å². The van der Waals surface area contributed by atoms with Crippen LogP contribution in [0.5, 0.6) is 11.5 Å². The summed E-state index contributed by atoms with van der Waals surface area (Å²) in [5.41, 5.74) is 7.83. The molecule has 308 valence electrons. The number of nitrogens with zero attached hydrogens (tertiary/aromatic N) is 2. The Morgan fingerprint density at radius 1 is 0.672 bits per heavy atom. The van der Waals surface area contributed by atoms with Gasteiger partial charge in [-0.25, -0.2) is 0 Å². The number of aromatic nitrogens is 2. The van der Waals surface area contributed by atoms with E-state index in [0.29, 0.717) is 31.2 Å². The molecule has 0 radical (unpaired) electrons. The summed E-state index contributed by atoms with van der Waals surface area (Å²) >= 11 is 4.59. The average molecular weight is 1020 g/mol. The molecule has 0 aliphatic carbocycles. The van der Waals surface area contributed by atoms with Gasteiger partial charge in [-0.3, -0.25) is 9.59 Å². The summed E-state index contributed by atoms with van der Waals surface area (Å²) in [4.78, 5) is 23.7. The first-order chi connectivity index (χ1) is 27.5. The van der Waals surface area contributed by atoms with Gasteiger partial charge in [-0.05, 0) is 143 Å². The highest BCUT2D eigenvalue weighted by Gasteiger charge is 2.23. The number of halogens is 2. The Bertz CT molecular complexity index is 2110. The molecule has 6 rings (SSSR count). The van der Waals surface area contributed by atoms with Gasteiger partial charge in [0.25, 0.3) is 0 Å². The van der Waals surface area contributed by atoms with Crippen LogP contribution in [0.3, 0.4) is 0 Å². The van der Waals surface area contributed by atoms with Crippen LogP contribution in [0.1, 0.15) is 90.7 Å². The number of aliphatic hydroxyl groups is 1. The van der Waals surface area contributed by atoms with Crippen LogP contribution in [0.4, 0.5) is 0 Å². The maximum atomic E-state index is 12.0. The molecule has 2 N–H and O–H groups in total. The lowest BCUT2D eigenvalue weighted by atomic mass is 9.92. The van der Waals surface area contributed by atoms with E-state index in [2.05, 4.69) is 87.5 Å². The van der Waals surface area contributed by atoms with Gasteiger partial charge in [0.15, 0.2) is 0 Å². The summed E-state index contributed by atoms with van der Waals surface area (Å²) in [5.74, 6) is -0.0505. The summed E-state index contributed by atoms with van der Waals surface area (Å²) in [6.07, 6.45) is 3.37. The molecule has 11 nitrogen and oxygen atoms in total. The van der Waals surface area contributed by atoms with E-state index in [9.17, 15) is 14.7 Å². The lowest BCUT2D eigenvalue weighted by molar-refractivity contribution is -0.144. The molecule has 0 saturated heterocycles. The zero-order valence-electron chi connectivity index (χ0n) is 32.2. The third kappa shape index (κ3) is 15.2. The maximum absolute atomic E-state index is 12.0. The monoisotopic (exact) mass is 1020 g/mol. The molecule has 0 unspecified atom stereocenters. The lowest BCUT2D eigenvalue weighted by Gasteiger charge is -2.15. The Hall–Kier alpha value is -4.74. The van der Waals surface area contributed by atoms with Crippen molar-refractivity contribution in [3.8, 4) is 11.5 Å². The van der Waals surface area contributed by atoms with Crippen molar-refractivity contribution in [1.82, 2.24) is 10.3 Å². The van der Waals surface area contributed by atoms with Crippen molar-refractivity contribution in [2.24, 2.45) is 0 Å². The predicted molar refractivity (Wildman–Crippen MR) is 239 cm³/mol. The number of phenols is 1. The fourth-order valence-corrected chi connectivity index (χ4v) is 6.65. The summed E-state index contributed by atoms with van der Waals surface area (Å²) in [7, 11) is 0. The Morgan fingerprint density at radius 2 is 1.12 bits per heavy atom. The summed E-state index contributed by atoms with van der Waals surface area (Å²) in [6, 6.07) is 30.1. The van der Waals surface area contributed by atoms with Crippen LogP contribution >= 0.6 is 45.2 Å². The topological polar surface area (TPSA) is 154 Å². The molecule has 0 aliphatic rings. The number of esters is 2. The molecule has 2 aromatic heterocycles. The number of hydrogen-bond donors (Lipinski definition) is 2. The second-order valence-electron chi connectivity index (χ2n) is 12.7. The highest BCUT2D eigenvalue weighted by atomic mass is 127. The van der Waals surface area contributed by atoms with Crippen LogP contribution in [-0.4, -0.2) is 45.7 Å². The molecule has 4 aromatic carbocycles. The van der Waals surface area contributed by atoms with Crippen molar-refractivity contribution in [2.45, 2.75) is 73.0 Å². The van der Waals surface area contributed by atoms with Crippen LogP contribution < -0.4 is 4.74 Å². The molecule has 0 saturated carbocycles. The van der Waals surface area contributed by atoms with Crippen LogP contribution in [0.2, 0.25) is 0 Å². The van der Waals surface area contributed by atoms with Gasteiger partial charge in [-0.15, -0.1) is 0 Å². The standard InChI is InChI=1S/C22H22INO4.C14H15NO4.C8H9IO.CH4/c1-3-26-22(25)13-19(21-10-11-28-24-21)17-6-8-18(9-7-17)27-14-16-5-4-15(2)20(23)12-16;1-2-18-14(17)9-12(13-7-8-19-15-13)10-3-5-11(16)6-4-10;1-6-2-3-7(5-10)4-8(6)9;/h4-12,19H,3,13-14H2,1-2H3;3-8,12,16H,2,9H2,1H3;2-4,10H,5H2,1H3;1H4/t19-;12-;;/m00../s1. The van der Waals surface area contributed by atoms with Crippen LogP contribution in [-0.2, 0) is 32.3 Å². The van der Waals surface area contributed by atoms with E-state index in [0.717, 1.165) is 28.0 Å². The molecule has 0 bridgehead atoms. The van der Waals surface area contributed by atoms with Gasteiger partial charge < -0.3 is 33.5 Å². The smallest absolute Gasteiger partial charge is 0.306 e. The first kappa shape index (κ1) is 47.6. The highest BCUT2D eigenvalue weighted by Crippen LogP contribution is 2.30. The van der Waals surface area contributed by atoms with E-state index >= 15 is 0 Å². The SMILES string of the molecule is C.CCOC(=O)C[C@@H](c1ccc(O)cc1)c1ccon1.CCOC(=O)C[C@@H](c1ccc(OCc2ccc(C)c(I)c2)cc1)c1ccon1.Cc1ccc(CO)cc1I. The van der Waals surface area contributed by atoms with Crippen molar-refractivity contribution in [3.63, 3.8) is 0 Å². The molecule has 0 fully saturated rings. The van der Waals surface area contributed by atoms with Crippen molar-refractivity contribution in [1.29, 1.82) is 0 Å². The van der Waals surface area contributed by atoms with Gasteiger partial charge >= 0.3 is 11.9 Å². The zero-order valence-corrected chi connectivity index (χ0v) is 36.5. The third-order valence-electron chi connectivity index (χ3n) is 8.62. The van der Waals surface area contributed by atoms with Gasteiger partial charge in [0.05, 0.1) is 44.1 Å². The lowest BCUT2D eigenvalue weighted by Crippen LogP contribution is -2.12. The van der Waals surface area contributed by atoms with Crippen molar-refractivity contribution in [3.05, 3.63) is 161 Å². The molecular formula is C45H50I2N2O9. The zero-order chi connectivity index (χ0) is 41.2. The number of phenolic OH excluding ortho intramolecular Hbond substituents is 1. The number of aryl methyl sites for hydroxylation is 2. The van der Waals surface area contributed by atoms with Crippen LogP contribution in [0.25, 0.3) is 0 Å². The highest BCUT2D eigenvalue weighted by molar-refractivity contribution is 14.1. The second kappa shape index (κ2) is 24.9. The Kier molecular flexibility index (Phi) is 20.5. The summed E-state index contributed by atoms with van der Waals surface area (Å²) < 4.78 is 28.2. The van der Waals surface area contributed by atoms with Crippen molar-refractivity contribution in [2.75, 3.05) is 13.2 Å². The average Bonchev–Trinajstić information content (AvgIpc) is 3.95. The molecule has 58 heavy (non-hydrogen) atoms. The predicted octanol–water partition coefficient (Wildman–Crippen LogP) is 10.4. The number of hydrogen-bond acceptors (Lipinski definition) is 11. The Morgan fingerprint density at radius 3 is 1.53 bits per heavy atom. The number of carbonyl (C=O) groups excluding carboxylic acids is 2. The van der Waals surface area contributed by atoms with E-state index < -0.39 is 0 Å². The van der Waals surface area contributed by atoms with Gasteiger partial charge in [0.2, 0.25) is 0 Å². The normalized spacial score (nSPS) is 11.4. The Balaban J connectivity index is 0.000000258. The Labute approximate surface area is 367 Å². The fourth-order valence-electron chi connectivity index (χ4n) is 5.49. The first-order valence-corrected chi connectivity index (χ1v) is 20.4. The summed E-state index contributed by atoms with van der Waals surface area (Å²) in [6.45, 7) is 9.06. The van der Waals surface area contributed by atoms with Crippen LogP contribution in [0, 0.1) is 21.0 Å². The number of benzene rings is 4. The van der Waals surface area contributed by atoms with E-state index in [1.54, 1.807) is 50.2 Å². The minimum absolute atomic E-state index is 0. The van der Waals surface area contributed by atoms with Gasteiger partial charge in [-0.2, -0.15) is 0 Å². The first-order valence-electron chi connectivity index (χ1n) is 18.3. The number of ether oxygens (including phenoxy) is 3. The van der Waals surface area contributed by atoms with E-state index in [1.165, 1.54) is 30.8 Å². The maximum Gasteiger partial charge on any atom is 0.306 e. The number of carbonyl (C=O) groups is 2. The van der Waals surface area contributed by atoms with E-state index in [-0.39, 0.29) is 56.4 Å². The largest absolute Gasteiger partial charge is 0.508 e. The second-order valence-corrected chi connectivity index (χ2v) is 15.1. The molecule has 0 amide bonds. The van der Waals surface area contributed by atoms with Crippen LogP contribution in [0.15, 0.2) is 119 Å². The molecule has 13 heteroatoms. The fraction of sp³-hybridized carbons (Fsp3) is 0.289. The molecule has 0 spiro atoms. The molecule has 2 heterocycles. The molecule has 2 atom stereocenters. The van der Waals surface area contributed by atoms with E-state index in [1.807, 2.05) is 42.5 Å². The minimum atomic E-state index is -0.288. The molecular weight excluding hydrogens is 966 g/mol. The molecule has 6 aromatic rings. The van der Waals surface area contributed by atoms with Gasteiger partial charge in [0, 0.05) is 31.1 Å². The minimum Gasteiger partial charge on any atom is -0.508 e. The number of aliphatic hydroxyl groups excluding tert-OH is 1. The molecule has 0 aliphatic heterocycles. The van der Waals surface area contributed by atoms with E-state index in [4.69, 9.17) is 28.4 Å².